The Morgan fingerprint density at radius 2 is 1.81 bits per heavy atom. The molecule has 0 saturated heterocycles. The van der Waals surface area contributed by atoms with Crippen LogP contribution in [-0.4, -0.2) is 32.9 Å². The van der Waals surface area contributed by atoms with Crippen molar-refractivity contribution >= 4 is 26.8 Å². The van der Waals surface area contributed by atoms with Crippen LogP contribution in [0.1, 0.15) is 22.9 Å². The number of methoxy groups -OCH3 is 3. The molecule has 2 heterocycles. The molecule has 1 aliphatic heterocycles. The molecule has 2 aromatic carbocycles. The molecule has 0 fully saturated rings. The van der Waals surface area contributed by atoms with Gasteiger partial charge < -0.3 is 24.5 Å². The molecule has 0 bridgehead atoms. The van der Waals surface area contributed by atoms with Crippen molar-refractivity contribution in [2.24, 2.45) is 0 Å². The Hall–Kier alpha value is -2.18. The average molecular weight is 417 g/mol. The van der Waals surface area contributed by atoms with Crippen LogP contribution in [0.5, 0.6) is 17.2 Å². The van der Waals surface area contributed by atoms with E-state index in [9.17, 15) is 0 Å². The van der Waals surface area contributed by atoms with E-state index in [1.54, 1.807) is 21.3 Å². The van der Waals surface area contributed by atoms with Crippen molar-refractivity contribution in [2.45, 2.75) is 12.5 Å². The maximum absolute atomic E-state index is 5.65. The van der Waals surface area contributed by atoms with Crippen molar-refractivity contribution in [1.82, 2.24) is 10.3 Å². The normalized spacial score (nSPS) is 16.4. The fourth-order valence-corrected chi connectivity index (χ4v) is 4.23. The fraction of sp³-hybridized carbons (Fsp3) is 0.300. The third-order valence-electron chi connectivity index (χ3n) is 4.97. The maximum Gasteiger partial charge on any atom is 0.136 e. The molecule has 5 nitrogen and oxygen atoms in total. The van der Waals surface area contributed by atoms with Crippen molar-refractivity contribution in [2.75, 3.05) is 27.9 Å². The zero-order valence-electron chi connectivity index (χ0n) is 15.0. The number of aromatic amines is 1. The molecule has 4 rings (SSSR count). The third kappa shape index (κ3) is 2.73. The van der Waals surface area contributed by atoms with Crippen LogP contribution in [0.2, 0.25) is 0 Å². The van der Waals surface area contributed by atoms with E-state index in [2.05, 4.69) is 44.4 Å². The molecule has 0 amide bonds. The van der Waals surface area contributed by atoms with Gasteiger partial charge in [-0.3, -0.25) is 0 Å². The minimum Gasteiger partial charge on any atom is -0.497 e. The molecule has 0 spiro atoms. The molecular weight excluding hydrogens is 396 g/mol. The second kappa shape index (κ2) is 6.85. The molecule has 0 aliphatic carbocycles. The monoisotopic (exact) mass is 416 g/mol. The van der Waals surface area contributed by atoms with Gasteiger partial charge in [0.1, 0.15) is 17.2 Å². The van der Waals surface area contributed by atoms with Crippen LogP contribution in [0.3, 0.4) is 0 Å². The standard InChI is InChI=1S/C20H21BrN2O3/c1-24-11-4-5-16-13(8-11)12-6-7-22-19(20(12)23-16)14-9-15(21)18(26-3)10-17(14)25-2/h4-5,8-10,19,22-23H,6-7H2,1-3H3. The summed E-state index contributed by atoms with van der Waals surface area (Å²) in [4.78, 5) is 3.60. The number of halogens is 1. The number of hydrogen-bond donors (Lipinski definition) is 2. The summed E-state index contributed by atoms with van der Waals surface area (Å²) >= 11 is 3.60. The molecule has 1 aromatic heterocycles. The van der Waals surface area contributed by atoms with E-state index in [0.29, 0.717) is 0 Å². The van der Waals surface area contributed by atoms with E-state index in [-0.39, 0.29) is 6.04 Å². The molecule has 1 unspecified atom stereocenters. The number of ether oxygens (including phenoxy) is 3. The Balaban J connectivity index is 1.87. The highest BCUT2D eigenvalue weighted by Gasteiger charge is 2.28. The summed E-state index contributed by atoms with van der Waals surface area (Å²) < 4.78 is 17.4. The number of H-pyrrole nitrogens is 1. The van der Waals surface area contributed by atoms with Gasteiger partial charge in [0.2, 0.25) is 0 Å². The predicted octanol–water partition coefficient (Wildman–Crippen LogP) is 4.19. The van der Waals surface area contributed by atoms with Crippen LogP contribution in [0, 0.1) is 0 Å². The van der Waals surface area contributed by atoms with Crippen LogP contribution in [0.15, 0.2) is 34.8 Å². The second-order valence-corrected chi connectivity index (χ2v) is 7.15. The highest BCUT2D eigenvalue weighted by Crippen LogP contribution is 2.41. The maximum atomic E-state index is 5.65. The van der Waals surface area contributed by atoms with Gasteiger partial charge in [-0.1, -0.05) is 0 Å². The summed E-state index contributed by atoms with van der Waals surface area (Å²) in [6.07, 6.45) is 0.971. The van der Waals surface area contributed by atoms with Gasteiger partial charge in [-0.2, -0.15) is 0 Å². The van der Waals surface area contributed by atoms with Crippen LogP contribution in [-0.2, 0) is 6.42 Å². The Bertz CT molecular complexity index is 967. The predicted molar refractivity (Wildman–Crippen MR) is 106 cm³/mol. The van der Waals surface area contributed by atoms with Gasteiger partial charge in [-0.05, 0) is 52.2 Å². The Kier molecular flexibility index (Phi) is 4.54. The van der Waals surface area contributed by atoms with Gasteiger partial charge in [-0.25, -0.2) is 0 Å². The lowest BCUT2D eigenvalue weighted by Gasteiger charge is -2.26. The molecule has 26 heavy (non-hydrogen) atoms. The van der Waals surface area contributed by atoms with E-state index in [0.717, 1.165) is 45.8 Å². The smallest absolute Gasteiger partial charge is 0.136 e. The molecule has 0 saturated carbocycles. The lowest BCUT2D eigenvalue weighted by atomic mass is 9.93. The highest BCUT2D eigenvalue weighted by molar-refractivity contribution is 9.10. The molecule has 6 heteroatoms. The number of benzene rings is 2. The van der Waals surface area contributed by atoms with Crippen LogP contribution in [0.25, 0.3) is 10.9 Å². The van der Waals surface area contributed by atoms with E-state index < -0.39 is 0 Å². The first-order chi connectivity index (χ1) is 12.7. The first-order valence-corrected chi connectivity index (χ1v) is 9.28. The van der Waals surface area contributed by atoms with Crippen molar-refractivity contribution in [3.05, 3.63) is 51.6 Å². The van der Waals surface area contributed by atoms with Gasteiger partial charge >= 0.3 is 0 Å². The fourth-order valence-electron chi connectivity index (χ4n) is 3.71. The zero-order valence-corrected chi connectivity index (χ0v) is 16.6. The van der Waals surface area contributed by atoms with Gasteiger partial charge in [0.25, 0.3) is 0 Å². The Labute approximate surface area is 160 Å². The molecule has 2 N–H and O–H groups in total. The molecule has 1 atom stereocenters. The quantitative estimate of drug-likeness (QED) is 0.669. The Morgan fingerprint density at radius 1 is 1.00 bits per heavy atom. The lowest BCUT2D eigenvalue weighted by molar-refractivity contribution is 0.384. The van der Waals surface area contributed by atoms with Crippen LogP contribution < -0.4 is 19.5 Å². The molecule has 1 aliphatic rings. The van der Waals surface area contributed by atoms with Gasteiger partial charge in [0, 0.05) is 34.8 Å². The highest BCUT2D eigenvalue weighted by atomic mass is 79.9. The largest absolute Gasteiger partial charge is 0.497 e. The van der Waals surface area contributed by atoms with Gasteiger partial charge in [-0.15, -0.1) is 0 Å². The summed E-state index contributed by atoms with van der Waals surface area (Å²) in [6, 6.07) is 10.2. The molecular formula is C20H21BrN2O3. The summed E-state index contributed by atoms with van der Waals surface area (Å²) in [6.45, 7) is 0.897. The van der Waals surface area contributed by atoms with Crippen molar-refractivity contribution < 1.29 is 14.2 Å². The molecule has 0 radical (unpaired) electrons. The number of rotatable bonds is 4. The minimum absolute atomic E-state index is 0.0225. The second-order valence-electron chi connectivity index (χ2n) is 6.29. The SMILES string of the molecule is COc1ccc2[nH]c3c(c2c1)CCNC3c1cc(Br)c(OC)cc1OC. The Morgan fingerprint density at radius 3 is 2.54 bits per heavy atom. The third-order valence-corrected chi connectivity index (χ3v) is 5.59. The van der Waals surface area contributed by atoms with Crippen molar-refractivity contribution in [1.29, 1.82) is 0 Å². The molecule has 3 aromatic rings. The number of fused-ring (bicyclic) bond motifs is 3. The topological polar surface area (TPSA) is 55.5 Å². The van der Waals surface area contributed by atoms with Crippen LogP contribution >= 0.6 is 15.9 Å². The van der Waals surface area contributed by atoms with Gasteiger partial charge in [0.05, 0.1) is 31.8 Å². The van der Waals surface area contributed by atoms with Crippen LogP contribution in [0.4, 0.5) is 0 Å². The first-order valence-electron chi connectivity index (χ1n) is 8.49. The first kappa shape index (κ1) is 17.2. The number of aromatic nitrogens is 1. The number of nitrogens with one attached hydrogen (secondary N) is 2. The zero-order chi connectivity index (χ0) is 18.3. The average Bonchev–Trinajstić information content (AvgIpc) is 3.05. The number of hydrogen-bond acceptors (Lipinski definition) is 4. The summed E-state index contributed by atoms with van der Waals surface area (Å²) in [5.74, 6) is 2.42. The van der Waals surface area contributed by atoms with Crippen molar-refractivity contribution in [3.8, 4) is 17.2 Å². The van der Waals surface area contributed by atoms with E-state index in [4.69, 9.17) is 14.2 Å². The van der Waals surface area contributed by atoms with E-state index >= 15 is 0 Å². The minimum atomic E-state index is 0.0225. The lowest BCUT2D eigenvalue weighted by Crippen LogP contribution is -2.30. The molecule has 136 valence electrons. The van der Waals surface area contributed by atoms with E-state index in [1.165, 1.54) is 16.6 Å². The van der Waals surface area contributed by atoms with Gasteiger partial charge in [0.15, 0.2) is 0 Å². The van der Waals surface area contributed by atoms with E-state index in [1.807, 2.05) is 12.1 Å². The van der Waals surface area contributed by atoms with Crippen molar-refractivity contribution in [3.63, 3.8) is 0 Å². The summed E-state index contributed by atoms with van der Waals surface area (Å²) in [5.41, 5.74) is 4.70. The summed E-state index contributed by atoms with van der Waals surface area (Å²) in [5, 5.41) is 4.84. The summed E-state index contributed by atoms with van der Waals surface area (Å²) in [7, 11) is 5.04.